The highest BCUT2D eigenvalue weighted by atomic mass is 79.9. The molecule has 1 amide bonds. The second kappa shape index (κ2) is 6.59. The van der Waals surface area contributed by atoms with Gasteiger partial charge in [0.2, 0.25) is 5.91 Å². The van der Waals surface area contributed by atoms with Crippen molar-refractivity contribution in [2.45, 2.75) is 31.2 Å². The Morgan fingerprint density at radius 2 is 2.17 bits per heavy atom. The summed E-state index contributed by atoms with van der Waals surface area (Å²) in [6.45, 7) is 5.53. The van der Waals surface area contributed by atoms with Gasteiger partial charge in [-0.2, -0.15) is 0 Å². The highest BCUT2D eigenvalue weighted by molar-refractivity contribution is 9.10. The lowest BCUT2D eigenvalue weighted by atomic mass is 10.1. The lowest BCUT2D eigenvalue weighted by Crippen LogP contribution is -2.47. The van der Waals surface area contributed by atoms with E-state index < -0.39 is 5.54 Å². The first-order valence-electron chi connectivity index (χ1n) is 5.65. The molecule has 0 aliphatic heterocycles. The summed E-state index contributed by atoms with van der Waals surface area (Å²) in [5, 5.41) is 11.9. The number of carbonyl (C=O) groups excluding carboxylic acids is 1. The molecule has 0 aliphatic carbocycles. The van der Waals surface area contributed by atoms with Crippen molar-refractivity contribution in [2.24, 2.45) is 0 Å². The molecule has 1 aromatic rings. The zero-order valence-corrected chi connectivity index (χ0v) is 13.2. The summed E-state index contributed by atoms with van der Waals surface area (Å²) in [5.74, 6) is 0.285. The predicted octanol–water partition coefficient (Wildman–Crippen LogP) is 2.74. The van der Waals surface area contributed by atoms with Crippen LogP contribution in [0, 0.1) is 6.92 Å². The molecular weight excluding hydrogens is 314 g/mol. The Labute approximate surface area is 120 Å². The number of nitrogens with one attached hydrogen (secondary N) is 1. The average molecular weight is 332 g/mol. The van der Waals surface area contributed by atoms with Crippen LogP contribution < -0.4 is 5.32 Å². The molecule has 0 unspecified atom stereocenters. The first-order valence-corrected chi connectivity index (χ1v) is 7.43. The topological polar surface area (TPSA) is 49.3 Å². The van der Waals surface area contributed by atoms with Crippen molar-refractivity contribution >= 4 is 33.6 Å². The van der Waals surface area contributed by atoms with E-state index in [1.54, 1.807) is 13.8 Å². The molecule has 0 saturated heterocycles. The molecule has 1 rings (SSSR count). The van der Waals surface area contributed by atoms with E-state index >= 15 is 0 Å². The molecule has 5 heteroatoms. The number of rotatable bonds is 5. The van der Waals surface area contributed by atoms with Crippen LogP contribution in [0.4, 0.5) is 0 Å². The van der Waals surface area contributed by atoms with Gasteiger partial charge in [-0.25, -0.2) is 0 Å². The molecule has 0 aliphatic rings. The standard InChI is InChI=1S/C13H18BrNO2S/c1-9-6-10(14)4-5-11(9)18-7-12(17)15-13(2,3)8-16/h4-6,16H,7-8H2,1-3H3,(H,15,17). The van der Waals surface area contributed by atoms with Gasteiger partial charge in [0.25, 0.3) is 0 Å². The van der Waals surface area contributed by atoms with Crippen molar-refractivity contribution in [1.82, 2.24) is 5.32 Å². The molecule has 18 heavy (non-hydrogen) atoms. The normalized spacial score (nSPS) is 11.4. The van der Waals surface area contributed by atoms with Crippen LogP contribution in [0.1, 0.15) is 19.4 Å². The van der Waals surface area contributed by atoms with Crippen molar-refractivity contribution in [2.75, 3.05) is 12.4 Å². The summed E-state index contributed by atoms with van der Waals surface area (Å²) in [7, 11) is 0. The molecule has 2 N–H and O–H groups in total. The molecular formula is C13H18BrNO2S. The van der Waals surface area contributed by atoms with Gasteiger partial charge < -0.3 is 10.4 Å². The highest BCUT2D eigenvalue weighted by Crippen LogP contribution is 2.25. The SMILES string of the molecule is Cc1cc(Br)ccc1SCC(=O)NC(C)(C)CO. The van der Waals surface area contributed by atoms with E-state index in [-0.39, 0.29) is 12.5 Å². The number of carbonyl (C=O) groups is 1. The van der Waals surface area contributed by atoms with Gasteiger partial charge in [0.15, 0.2) is 0 Å². The van der Waals surface area contributed by atoms with E-state index in [0.29, 0.717) is 5.75 Å². The molecule has 0 atom stereocenters. The summed E-state index contributed by atoms with van der Waals surface area (Å²) in [6.07, 6.45) is 0. The smallest absolute Gasteiger partial charge is 0.230 e. The van der Waals surface area contributed by atoms with Gasteiger partial charge >= 0.3 is 0 Å². The number of aliphatic hydroxyl groups excluding tert-OH is 1. The number of hydrogen-bond donors (Lipinski definition) is 2. The molecule has 0 bridgehead atoms. The second-order valence-corrected chi connectivity index (χ2v) is 6.72. The number of halogens is 1. The van der Waals surface area contributed by atoms with Crippen LogP contribution in [0.3, 0.4) is 0 Å². The fourth-order valence-corrected chi connectivity index (χ4v) is 2.66. The van der Waals surface area contributed by atoms with Crippen LogP contribution in [0.15, 0.2) is 27.6 Å². The summed E-state index contributed by atoms with van der Waals surface area (Å²) < 4.78 is 1.04. The molecule has 0 radical (unpaired) electrons. The third-order valence-electron chi connectivity index (χ3n) is 2.37. The fraction of sp³-hybridized carbons (Fsp3) is 0.462. The van der Waals surface area contributed by atoms with Crippen LogP contribution in [-0.2, 0) is 4.79 Å². The van der Waals surface area contributed by atoms with E-state index in [1.165, 1.54) is 11.8 Å². The molecule has 0 fully saturated rings. The van der Waals surface area contributed by atoms with Crippen molar-refractivity contribution in [3.8, 4) is 0 Å². The predicted molar refractivity (Wildman–Crippen MR) is 78.9 cm³/mol. The summed E-state index contributed by atoms with van der Waals surface area (Å²) in [4.78, 5) is 12.8. The van der Waals surface area contributed by atoms with Gasteiger partial charge in [0.1, 0.15) is 0 Å². The number of aliphatic hydroxyl groups is 1. The number of benzene rings is 1. The number of hydrogen-bond acceptors (Lipinski definition) is 3. The summed E-state index contributed by atoms with van der Waals surface area (Å²) in [5.41, 5.74) is 0.579. The van der Waals surface area contributed by atoms with Crippen molar-refractivity contribution in [3.63, 3.8) is 0 Å². The Morgan fingerprint density at radius 1 is 1.50 bits per heavy atom. The second-order valence-electron chi connectivity index (χ2n) is 4.79. The summed E-state index contributed by atoms with van der Waals surface area (Å²) in [6, 6.07) is 5.98. The zero-order valence-electron chi connectivity index (χ0n) is 10.8. The Balaban J connectivity index is 2.53. The Morgan fingerprint density at radius 3 is 2.72 bits per heavy atom. The minimum atomic E-state index is -0.563. The lowest BCUT2D eigenvalue weighted by molar-refractivity contribution is -0.120. The molecule has 100 valence electrons. The largest absolute Gasteiger partial charge is 0.394 e. The Bertz CT molecular complexity index is 435. The maximum Gasteiger partial charge on any atom is 0.230 e. The Kier molecular flexibility index (Phi) is 5.69. The van der Waals surface area contributed by atoms with Gasteiger partial charge in [0.05, 0.1) is 17.9 Å². The molecule has 0 saturated carbocycles. The van der Waals surface area contributed by atoms with Gasteiger partial charge in [-0.05, 0) is 44.5 Å². The summed E-state index contributed by atoms with van der Waals surface area (Å²) >= 11 is 4.91. The average Bonchev–Trinajstić information content (AvgIpc) is 2.27. The first-order chi connectivity index (χ1) is 8.34. The van der Waals surface area contributed by atoms with Crippen molar-refractivity contribution < 1.29 is 9.90 Å². The molecule has 0 aromatic heterocycles. The van der Waals surface area contributed by atoms with E-state index in [2.05, 4.69) is 21.2 Å². The van der Waals surface area contributed by atoms with Crippen LogP contribution in [0.5, 0.6) is 0 Å². The van der Waals surface area contributed by atoms with E-state index in [4.69, 9.17) is 5.11 Å². The minimum Gasteiger partial charge on any atom is -0.394 e. The fourth-order valence-electron chi connectivity index (χ4n) is 1.37. The van der Waals surface area contributed by atoms with Gasteiger partial charge in [0, 0.05) is 9.37 Å². The van der Waals surface area contributed by atoms with Gasteiger partial charge in [-0.3, -0.25) is 4.79 Å². The maximum atomic E-state index is 11.7. The van der Waals surface area contributed by atoms with Gasteiger partial charge in [-0.1, -0.05) is 15.9 Å². The van der Waals surface area contributed by atoms with E-state index in [1.807, 2.05) is 25.1 Å². The molecule has 1 aromatic carbocycles. The zero-order chi connectivity index (χ0) is 13.8. The van der Waals surface area contributed by atoms with Crippen LogP contribution >= 0.6 is 27.7 Å². The maximum absolute atomic E-state index is 11.7. The minimum absolute atomic E-state index is 0.0682. The highest BCUT2D eigenvalue weighted by Gasteiger charge is 2.18. The number of amides is 1. The van der Waals surface area contributed by atoms with Crippen LogP contribution in [0.2, 0.25) is 0 Å². The van der Waals surface area contributed by atoms with E-state index in [0.717, 1.165) is 14.9 Å². The molecule has 0 heterocycles. The quantitative estimate of drug-likeness (QED) is 0.815. The molecule has 3 nitrogen and oxygen atoms in total. The third-order valence-corrected chi connectivity index (χ3v) is 4.04. The van der Waals surface area contributed by atoms with Gasteiger partial charge in [-0.15, -0.1) is 11.8 Å². The Hall–Kier alpha value is -0.520. The van der Waals surface area contributed by atoms with Crippen molar-refractivity contribution in [3.05, 3.63) is 28.2 Å². The van der Waals surface area contributed by atoms with Crippen molar-refractivity contribution in [1.29, 1.82) is 0 Å². The number of aryl methyl sites for hydroxylation is 1. The van der Waals surface area contributed by atoms with Crippen LogP contribution in [0.25, 0.3) is 0 Å². The monoisotopic (exact) mass is 331 g/mol. The van der Waals surface area contributed by atoms with Crippen LogP contribution in [-0.4, -0.2) is 28.9 Å². The van der Waals surface area contributed by atoms with E-state index in [9.17, 15) is 4.79 Å². The number of thioether (sulfide) groups is 1. The lowest BCUT2D eigenvalue weighted by Gasteiger charge is -2.23. The third kappa shape index (κ3) is 5.00. The molecule has 0 spiro atoms. The first kappa shape index (κ1) is 15.5.